The molecule has 2 N–H and O–H groups in total. The van der Waals surface area contributed by atoms with E-state index in [0.717, 1.165) is 24.5 Å². The Balaban J connectivity index is 1.84. The van der Waals surface area contributed by atoms with Crippen molar-refractivity contribution in [2.45, 2.75) is 69.9 Å². The number of hydrogen-bond acceptors (Lipinski definition) is 2. The summed E-state index contributed by atoms with van der Waals surface area (Å²) in [5.74, 6) is 0.796. The molecule has 0 aromatic heterocycles. The molecule has 0 aromatic carbocycles. The molecule has 2 atom stereocenters. The number of nitrogens with zero attached hydrogens (tertiary/aromatic N) is 1. The van der Waals surface area contributed by atoms with E-state index in [1.54, 1.807) is 0 Å². The average molecular weight is 224 g/mol. The molecule has 0 bridgehead atoms. The Labute approximate surface area is 101 Å². The van der Waals surface area contributed by atoms with Crippen molar-refractivity contribution in [3.05, 3.63) is 0 Å². The zero-order chi connectivity index (χ0) is 11.4. The molecule has 0 radical (unpaired) electrons. The van der Waals surface area contributed by atoms with Crippen molar-refractivity contribution in [1.82, 2.24) is 4.90 Å². The molecular weight excluding hydrogens is 196 g/mol. The van der Waals surface area contributed by atoms with Gasteiger partial charge in [-0.25, -0.2) is 0 Å². The molecule has 2 nitrogen and oxygen atoms in total. The molecule has 0 aliphatic heterocycles. The van der Waals surface area contributed by atoms with E-state index in [1.165, 1.54) is 57.8 Å². The maximum atomic E-state index is 5.83. The van der Waals surface area contributed by atoms with Crippen LogP contribution in [0.5, 0.6) is 0 Å². The summed E-state index contributed by atoms with van der Waals surface area (Å²) in [5.41, 5.74) is 5.83. The second-order valence-corrected chi connectivity index (χ2v) is 5.88. The van der Waals surface area contributed by atoms with Gasteiger partial charge in [-0.15, -0.1) is 0 Å². The first-order chi connectivity index (χ1) is 7.81. The normalized spacial score (nSPS) is 33.2. The number of rotatable bonds is 3. The van der Waals surface area contributed by atoms with E-state index in [1.807, 2.05) is 0 Å². The zero-order valence-electron chi connectivity index (χ0n) is 10.8. The van der Waals surface area contributed by atoms with E-state index < -0.39 is 0 Å². The Kier molecular flexibility index (Phi) is 4.66. The van der Waals surface area contributed by atoms with Crippen LogP contribution in [0.1, 0.15) is 57.8 Å². The molecule has 94 valence electrons. The van der Waals surface area contributed by atoms with Gasteiger partial charge in [0.25, 0.3) is 0 Å². The molecule has 2 saturated carbocycles. The molecule has 2 rings (SSSR count). The molecule has 0 heterocycles. The molecule has 2 aliphatic rings. The number of hydrogen-bond donors (Lipinski definition) is 1. The molecule has 0 saturated heterocycles. The molecule has 2 unspecified atom stereocenters. The van der Waals surface area contributed by atoms with Gasteiger partial charge in [-0.05, 0) is 51.6 Å². The lowest BCUT2D eigenvalue weighted by atomic mass is 9.83. The van der Waals surface area contributed by atoms with Crippen molar-refractivity contribution < 1.29 is 0 Å². The fraction of sp³-hybridized carbons (Fsp3) is 1.00. The van der Waals surface area contributed by atoms with Crippen LogP contribution < -0.4 is 5.73 Å². The largest absolute Gasteiger partial charge is 0.330 e. The van der Waals surface area contributed by atoms with Gasteiger partial charge in [0.1, 0.15) is 0 Å². The summed E-state index contributed by atoms with van der Waals surface area (Å²) in [6.45, 7) is 0.898. The minimum Gasteiger partial charge on any atom is -0.330 e. The Hall–Kier alpha value is -0.0800. The summed E-state index contributed by atoms with van der Waals surface area (Å²) < 4.78 is 0. The first-order valence-electron chi connectivity index (χ1n) is 7.23. The minimum atomic E-state index is 0.796. The summed E-state index contributed by atoms with van der Waals surface area (Å²) in [4.78, 5) is 2.70. The van der Waals surface area contributed by atoms with Crippen LogP contribution in [0, 0.1) is 5.92 Å². The molecule has 16 heavy (non-hydrogen) atoms. The third-order valence-corrected chi connectivity index (χ3v) is 4.82. The summed E-state index contributed by atoms with van der Waals surface area (Å²) in [5, 5.41) is 0. The maximum Gasteiger partial charge on any atom is 0.00982 e. The van der Waals surface area contributed by atoms with Gasteiger partial charge in [0.15, 0.2) is 0 Å². The van der Waals surface area contributed by atoms with Crippen LogP contribution in [0.15, 0.2) is 0 Å². The summed E-state index contributed by atoms with van der Waals surface area (Å²) in [6.07, 6.45) is 12.7. The predicted octanol–water partition coefficient (Wildman–Crippen LogP) is 2.77. The molecule has 2 heteroatoms. The van der Waals surface area contributed by atoms with Crippen molar-refractivity contribution in [3.63, 3.8) is 0 Å². The monoisotopic (exact) mass is 224 g/mol. The van der Waals surface area contributed by atoms with E-state index in [4.69, 9.17) is 5.73 Å². The van der Waals surface area contributed by atoms with Crippen LogP contribution in [0.2, 0.25) is 0 Å². The van der Waals surface area contributed by atoms with Crippen molar-refractivity contribution in [2.75, 3.05) is 13.6 Å². The highest BCUT2D eigenvalue weighted by atomic mass is 15.2. The second-order valence-electron chi connectivity index (χ2n) is 5.88. The van der Waals surface area contributed by atoms with Crippen LogP contribution in [-0.4, -0.2) is 30.6 Å². The van der Waals surface area contributed by atoms with E-state index in [2.05, 4.69) is 11.9 Å². The minimum absolute atomic E-state index is 0.796. The van der Waals surface area contributed by atoms with Gasteiger partial charge in [0.05, 0.1) is 0 Å². The van der Waals surface area contributed by atoms with Crippen molar-refractivity contribution in [1.29, 1.82) is 0 Å². The quantitative estimate of drug-likeness (QED) is 0.798. The van der Waals surface area contributed by atoms with Gasteiger partial charge in [0.2, 0.25) is 0 Å². The second kappa shape index (κ2) is 6.02. The zero-order valence-corrected chi connectivity index (χ0v) is 10.8. The van der Waals surface area contributed by atoms with Crippen LogP contribution in [0.25, 0.3) is 0 Å². The summed E-state index contributed by atoms with van der Waals surface area (Å²) in [7, 11) is 2.36. The molecule has 2 fully saturated rings. The highest BCUT2D eigenvalue weighted by molar-refractivity contribution is 4.84. The lowest BCUT2D eigenvalue weighted by Gasteiger charge is -2.41. The predicted molar refractivity (Wildman–Crippen MR) is 69.4 cm³/mol. The fourth-order valence-electron chi connectivity index (χ4n) is 3.63. The van der Waals surface area contributed by atoms with E-state index in [-0.39, 0.29) is 0 Å². The first kappa shape index (κ1) is 12.4. The highest BCUT2D eigenvalue weighted by Gasteiger charge is 2.28. The lowest BCUT2D eigenvalue weighted by molar-refractivity contribution is 0.0941. The lowest BCUT2D eigenvalue weighted by Crippen LogP contribution is -2.44. The summed E-state index contributed by atoms with van der Waals surface area (Å²) in [6, 6.07) is 1.70. The van der Waals surface area contributed by atoms with Gasteiger partial charge in [0, 0.05) is 12.1 Å². The van der Waals surface area contributed by atoms with Gasteiger partial charge >= 0.3 is 0 Å². The van der Waals surface area contributed by atoms with E-state index in [9.17, 15) is 0 Å². The smallest absolute Gasteiger partial charge is 0.00982 e. The molecule has 2 aliphatic carbocycles. The SMILES string of the molecule is CN(C1CCCCC1)C1CCCC(CN)C1. The molecule has 0 amide bonds. The van der Waals surface area contributed by atoms with Gasteiger partial charge in [-0.3, -0.25) is 0 Å². The highest BCUT2D eigenvalue weighted by Crippen LogP contribution is 2.31. The van der Waals surface area contributed by atoms with Gasteiger partial charge in [-0.1, -0.05) is 25.7 Å². The fourth-order valence-corrected chi connectivity index (χ4v) is 3.63. The average Bonchev–Trinajstić information content (AvgIpc) is 2.39. The summed E-state index contributed by atoms with van der Waals surface area (Å²) >= 11 is 0. The topological polar surface area (TPSA) is 29.3 Å². The standard InChI is InChI=1S/C14H28N2/c1-16(13-7-3-2-4-8-13)14-9-5-6-12(10-14)11-15/h12-14H,2-11,15H2,1H3. The third-order valence-electron chi connectivity index (χ3n) is 4.82. The van der Waals surface area contributed by atoms with Crippen LogP contribution in [0.4, 0.5) is 0 Å². The molecule has 0 aromatic rings. The van der Waals surface area contributed by atoms with E-state index in [0.29, 0.717) is 0 Å². The molecule has 0 spiro atoms. The number of nitrogens with two attached hydrogens (primary N) is 1. The third kappa shape index (κ3) is 2.98. The molecular formula is C14H28N2. The van der Waals surface area contributed by atoms with Crippen molar-refractivity contribution >= 4 is 0 Å². The maximum absolute atomic E-state index is 5.83. The van der Waals surface area contributed by atoms with Gasteiger partial charge in [-0.2, -0.15) is 0 Å². The Morgan fingerprint density at radius 1 is 0.938 bits per heavy atom. The van der Waals surface area contributed by atoms with Crippen LogP contribution in [0.3, 0.4) is 0 Å². The van der Waals surface area contributed by atoms with E-state index >= 15 is 0 Å². The Morgan fingerprint density at radius 2 is 1.62 bits per heavy atom. The van der Waals surface area contributed by atoms with Gasteiger partial charge < -0.3 is 10.6 Å². The Bertz CT molecular complexity index is 199. The first-order valence-corrected chi connectivity index (χ1v) is 7.23. The van der Waals surface area contributed by atoms with Crippen molar-refractivity contribution in [3.8, 4) is 0 Å². The Morgan fingerprint density at radius 3 is 2.31 bits per heavy atom. The van der Waals surface area contributed by atoms with Crippen LogP contribution >= 0.6 is 0 Å². The van der Waals surface area contributed by atoms with Crippen LogP contribution in [-0.2, 0) is 0 Å². The van der Waals surface area contributed by atoms with Crippen molar-refractivity contribution in [2.24, 2.45) is 11.7 Å².